The van der Waals surface area contributed by atoms with Crippen LogP contribution in [0.3, 0.4) is 0 Å². The summed E-state index contributed by atoms with van der Waals surface area (Å²) in [6.07, 6.45) is 2.16. The van der Waals surface area contributed by atoms with E-state index in [4.69, 9.17) is 9.72 Å². The quantitative estimate of drug-likeness (QED) is 0.369. The van der Waals surface area contributed by atoms with Gasteiger partial charge in [0.15, 0.2) is 15.1 Å². The number of aryl methyl sites for hydroxylation is 2. The molecule has 0 bridgehead atoms. The summed E-state index contributed by atoms with van der Waals surface area (Å²) in [4.78, 5) is 18.6. The van der Waals surface area contributed by atoms with Gasteiger partial charge >= 0.3 is 5.97 Å². The van der Waals surface area contributed by atoms with Crippen LogP contribution in [0.15, 0.2) is 22.4 Å². The Morgan fingerprint density at radius 2 is 2.07 bits per heavy atom. The highest BCUT2D eigenvalue weighted by atomic mass is 32.1. The first-order chi connectivity index (χ1) is 13.9. The summed E-state index contributed by atoms with van der Waals surface area (Å²) in [6.45, 7) is 10.6. The molecule has 29 heavy (non-hydrogen) atoms. The second kappa shape index (κ2) is 9.24. The van der Waals surface area contributed by atoms with Gasteiger partial charge in [-0.3, -0.25) is 0 Å². The van der Waals surface area contributed by atoms with Crippen LogP contribution in [0, 0.1) is 18.3 Å². The van der Waals surface area contributed by atoms with Crippen LogP contribution in [0.4, 0.5) is 15.1 Å². The molecule has 0 aromatic carbocycles. The third-order valence-electron chi connectivity index (χ3n) is 4.52. The standard InChI is InChI=1S/C19H22N6O2S2/c1-5-15-17(23-22-16-14(10-20)12(4)24-29-16)28-19(21-15)25-8-6-13(7-9-25)27-18(26)11(2)3/h13H,2,5-9H2,1,3-4H3. The molecule has 0 atom stereocenters. The summed E-state index contributed by atoms with van der Waals surface area (Å²) in [5.41, 5.74) is 2.44. The molecule has 3 heterocycles. The number of thiazole rings is 1. The van der Waals surface area contributed by atoms with Crippen molar-refractivity contribution in [2.24, 2.45) is 10.2 Å². The zero-order chi connectivity index (χ0) is 21.0. The Bertz CT molecular complexity index is 979. The molecule has 8 nitrogen and oxygen atoms in total. The van der Waals surface area contributed by atoms with E-state index in [1.807, 2.05) is 6.92 Å². The maximum absolute atomic E-state index is 11.7. The lowest BCUT2D eigenvalue weighted by Crippen LogP contribution is -2.37. The zero-order valence-corrected chi connectivity index (χ0v) is 18.3. The van der Waals surface area contributed by atoms with Gasteiger partial charge in [0.25, 0.3) is 0 Å². The Hall–Kier alpha value is -2.64. The van der Waals surface area contributed by atoms with Gasteiger partial charge in [-0.2, -0.15) is 9.64 Å². The normalized spacial score (nSPS) is 14.9. The minimum atomic E-state index is -0.330. The van der Waals surface area contributed by atoms with E-state index in [2.05, 4.69) is 32.2 Å². The number of carbonyl (C=O) groups excluding carboxylic acids is 1. The molecule has 1 aliphatic heterocycles. The van der Waals surface area contributed by atoms with E-state index >= 15 is 0 Å². The van der Waals surface area contributed by atoms with Crippen LogP contribution in [-0.2, 0) is 16.0 Å². The first-order valence-corrected chi connectivity index (χ1v) is 10.9. The van der Waals surface area contributed by atoms with Gasteiger partial charge in [0.2, 0.25) is 0 Å². The minimum Gasteiger partial charge on any atom is -0.459 e. The number of esters is 1. The fourth-order valence-corrected chi connectivity index (χ4v) is 4.54. The SMILES string of the molecule is C=C(C)C(=O)OC1CCN(c2nc(CC)c(N=Nc3snc(C)c3C#N)s2)CC1. The van der Waals surface area contributed by atoms with Gasteiger partial charge in [0.1, 0.15) is 17.7 Å². The molecular formula is C19H22N6O2S2. The van der Waals surface area contributed by atoms with Crippen molar-refractivity contribution in [3.8, 4) is 6.07 Å². The van der Waals surface area contributed by atoms with E-state index in [0.717, 1.165) is 48.2 Å². The molecule has 0 amide bonds. The van der Waals surface area contributed by atoms with Crippen molar-refractivity contribution in [2.45, 2.75) is 46.1 Å². The summed E-state index contributed by atoms with van der Waals surface area (Å²) in [6, 6.07) is 2.12. The van der Waals surface area contributed by atoms with Crippen LogP contribution in [0.25, 0.3) is 0 Å². The molecule has 1 fully saturated rings. The highest BCUT2D eigenvalue weighted by Crippen LogP contribution is 2.37. The number of aromatic nitrogens is 2. The van der Waals surface area contributed by atoms with Gasteiger partial charge in [-0.15, -0.1) is 10.2 Å². The zero-order valence-electron chi connectivity index (χ0n) is 16.6. The van der Waals surface area contributed by atoms with E-state index in [1.165, 1.54) is 22.9 Å². The molecule has 3 rings (SSSR count). The summed E-state index contributed by atoms with van der Waals surface area (Å²) in [5.74, 6) is -0.330. The smallest absolute Gasteiger partial charge is 0.333 e. The van der Waals surface area contributed by atoms with Crippen molar-refractivity contribution in [2.75, 3.05) is 18.0 Å². The van der Waals surface area contributed by atoms with Gasteiger partial charge < -0.3 is 9.64 Å². The Kier molecular flexibility index (Phi) is 6.71. The van der Waals surface area contributed by atoms with Crippen molar-refractivity contribution >= 4 is 44.0 Å². The summed E-state index contributed by atoms with van der Waals surface area (Å²) < 4.78 is 9.61. The number of azo groups is 1. The monoisotopic (exact) mass is 430 g/mol. The number of anilines is 1. The van der Waals surface area contributed by atoms with Gasteiger partial charge in [-0.25, -0.2) is 9.78 Å². The van der Waals surface area contributed by atoms with Crippen molar-refractivity contribution in [1.29, 1.82) is 5.26 Å². The lowest BCUT2D eigenvalue weighted by molar-refractivity contribution is -0.145. The van der Waals surface area contributed by atoms with Gasteiger partial charge in [0, 0.05) is 31.5 Å². The van der Waals surface area contributed by atoms with Crippen LogP contribution < -0.4 is 4.90 Å². The highest BCUT2D eigenvalue weighted by molar-refractivity contribution is 7.19. The third-order valence-corrected chi connectivity index (χ3v) is 6.39. The predicted octanol–water partition coefficient (Wildman–Crippen LogP) is 4.85. The number of nitriles is 1. The molecule has 0 N–H and O–H groups in total. The largest absolute Gasteiger partial charge is 0.459 e. The number of hydrogen-bond donors (Lipinski definition) is 0. The molecule has 1 aliphatic rings. The molecule has 2 aromatic rings. The molecule has 0 saturated carbocycles. The van der Waals surface area contributed by atoms with Crippen LogP contribution >= 0.6 is 22.9 Å². The van der Waals surface area contributed by atoms with E-state index < -0.39 is 0 Å². The Morgan fingerprint density at radius 1 is 1.38 bits per heavy atom. The average Bonchev–Trinajstić information content (AvgIpc) is 3.29. The lowest BCUT2D eigenvalue weighted by Gasteiger charge is -2.31. The van der Waals surface area contributed by atoms with Gasteiger partial charge in [-0.05, 0) is 31.8 Å². The van der Waals surface area contributed by atoms with Crippen molar-refractivity contribution in [3.63, 3.8) is 0 Å². The average molecular weight is 431 g/mol. The number of hydrogen-bond acceptors (Lipinski definition) is 10. The van der Waals surface area contributed by atoms with Crippen molar-refractivity contribution in [1.82, 2.24) is 9.36 Å². The second-order valence-corrected chi connectivity index (χ2v) is 8.44. The van der Waals surface area contributed by atoms with E-state index in [-0.39, 0.29) is 12.1 Å². The van der Waals surface area contributed by atoms with Crippen LogP contribution in [0.2, 0.25) is 0 Å². The Morgan fingerprint density at radius 3 is 2.69 bits per heavy atom. The molecule has 152 valence electrons. The van der Waals surface area contributed by atoms with Gasteiger partial charge in [-0.1, -0.05) is 24.8 Å². The van der Waals surface area contributed by atoms with Crippen molar-refractivity contribution in [3.05, 3.63) is 29.1 Å². The van der Waals surface area contributed by atoms with Gasteiger partial charge in [0.05, 0.1) is 11.4 Å². The molecule has 0 aliphatic carbocycles. The highest BCUT2D eigenvalue weighted by Gasteiger charge is 2.25. The fourth-order valence-electron chi connectivity index (χ4n) is 2.84. The first kappa shape index (κ1) is 21.1. The maximum Gasteiger partial charge on any atom is 0.333 e. The number of ether oxygens (including phenoxy) is 1. The number of piperidine rings is 1. The summed E-state index contributed by atoms with van der Waals surface area (Å²) in [5, 5.41) is 20.0. The molecule has 0 unspecified atom stereocenters. The topological polar surface area (TPSA) is 104 Å². The number of carbonyl (C=O) groups is 1. The van der Waals surface area contributed by atoms with Crippen LogP contribution in [0.1, 0.15) is 43.6 Å². The molecule has 1 saturated heterocycles. The number of nitrogens with zero attached hydrogens (tertiary/aromatic N) is 6. The second-order valence-electron chi connectivity index (χ2n) is 6.73. The van der Waals surface area contributed by atoms with E-state index in [9.17, 15) is 10.1 Å². The summed E-state index contributed by atoms with van der Waals surface area (Å²) >= 11 is 2.65. The first-order valence-electron chi connectivity index (χ1n) is 9.32. The molecule has 0 spiro atoms. The van der Waals surface area contributed by atoms with Crippen LogP contribution in [-0.4, -0.2) is 34.5 Å². The molecule has 10 heteroatoms. The molecule has 0 radical (unpaired) electrons. The van der Waals surface area contributed by atoms with E-state index in [1.54, 1.807) is 13.8 Å². The summed E-state index contributed by atoms with van der Waals surface area (Å²) in [7, 11) is 0. The number of rotatable bonds is 6. The maximum atomic E-state index is 11.7. The molecule has 2 aromatic heterocycles. The Balaban J connectivity index is 1.69. The molecular weight excluding hydrogens is 408 g/mol. The predicted molar refractivity (Wildman–Crippen MR) is 113 cm³/mol. The van der Waals surface area contributed by atoms with Crippen LogP contribution in [0.5, 0.6) is 0 Å². The third kappa shape index (κ3) is 4.86. The van der Waals surface area contributed by atoms with Crippen molar-refractivity contribution < 1.29 is 9.53 Å². The fraction of sp³-hybridized carbons (Fsp3) is 0.474. The van der Waals surface area contributed by atoms with E-state index in [0.29, 0.717) is 21.8 Å². The lowest BCUT2D eigenvalue weighted by atomic mass is 10.1. The minimum absolute atomic E-state index is 0.0841. The Labute approximate surface area is 177 Å².